The average molecular weight is 293 g/mol. The van der Waals surface area contributed by atoms with E-state index in [0.717, 1.165) is 12.8 Å². The summed E-state index contributed by atoms with van der Waals surface area (Å²) in [6.07, 6.45) is 8.68. The molecule has 0 N–H and O–H groups in total. The van der Waals surface area contributed by atoms with Crippen molar-refractivity contribution in [2.75, 3.05) is 13.7 Å². The number of nitrogens with zero attached hydrogens (tertiary/aromatic N) is 1. The zero-order valence-corrected chi connectivity index (χ0v) is 14.0. The number of piperidine rings is 1. The topological polar surface area (TPSA) is 38.8 Å². The number of likely N-dealkylation sites (tertiary alicyclic amines) is 1. The van der Waals surface area contributed by atoms with E-state index < -0.39 is 5.97 Å². The van der Waals surface area contributed by atoms with Crippen LogP contribution in [-0.4, -0.2) is 41.7 Å². The molecule has 0 amide bonds. The SMILES string of the molecule is C#CCN1C(C)(C)CC(O/C(C)=C\C(=O)OC)CC1(C)C. The Morgan fingerprint density at radius 2 is 1.86 bits per heavy atom. The van der Waals surface area contributed by atoms with Crippen LogP contribution in [0.5, 0.6) is 0 Å². The highest BCUT2D eigenvalue weighted by molar-refractivity contribution is 5.82. The van der Waals surface area contributed by atoms with Gasteiger partial charge < -0.3 is 9.47 Å². The van der Waals surface area contributed by atoms with Crippen molar-refractivity contribution in [3.8, 4) is 12.3 Å². The maximum atomic E-state index is 11.2. The zero-order valence-electron chi connectivity index (χ0n) is 14.0. The predicted molar refractivity (Wildman–Crippen MR) is 83.6 cm³/mol. The van der Waals surface area contributed by atoms with E-state index in [1.807, 2.05) is 0 Å². The number of esters is 1. The summed E-state index contributed by atoms with van der Waals surface area (Å²) >= 11 is 0. The summed E-state index contributed by atoms with van der Waals surface area (Å²) in [6.45, 7) is 11.1. The Balaban J connectivity index is 2.84. The van der Waals surface area contributed by atoms with Gasteiger partial charge in [-0.15, -0.1) is 6.42 Å². The number of allylic oxidation sites excluding steroid dienone is 1. The van der Waals surface area contributed by atoms with Crippen molar-refractivity contribution in [2.45, 2.75) is 64.6 Å². The van der Waals surface area contributed by atoms with Gasteiger partial charge in [-0.3, -0.25) is 4.90 Å². The smallest absolute Gasteiger partial charge is 0.333 e. The van der Waals surface area contributed by atoms with Crippen molar-refractivity contribution in [1.82, 2.24) is 4.90 Å². The van der Waals surface area contributed by atoms with Gasteiger partial charge >= 0.3 is 5.97 Å². The molecule has 0 aromatic heterocycles. The lowest BCUT2D eigenvalue weighted by molar-refractivity contribution is -0.135. The summed E-state index contributed by atoms with van der Waals surface area (Å²) in [6, 6.07) is 0. The molecule has 0 unspecified atom stereocenters. The average Bonchev–Trinajstić information content (AvgIpc) is 2.32. The van der Waals surface area contributed by atoms with Gasteiger partial charge in [-0.2, -0.15) is 0 Å². The molecule has 1 rings (SSSR count). The molecule has 1 saturated heterocycles. The number of hydrogen-bond acceptors (Lipinski definition) is 4. The van der Waals surface area contributed by atoms with E-state index >= 15 is 0 Å². The normalized spacial score (nSPS) is 22.4. The Labute approximate surface area is 128 Å². The van der Waals surface area contributed by atoms with Gasteiger partial charge in [0.2, 0.25) is 0 Å². The van der Waals surface area contributed by atoms with Crippen LogP contribution in [0.2, 0.25) is 0 Å². The van der Waals surface area contributed by atoms with Gasteiger partial charge in [0.15, 0.2) is 0 Å². The fourth-order valence-electron chi connectivity index (χ4n) is 3.35. The molecule has 118 valence electrons. The van der Waals surface area contributed by atoms with E-state index in [1.54, 1.807) is 6.92 Å². The maximum Gasteiger partial charge on any atom is 0.333 e. The molecular weight excluding hydrogens is 266 g/mol. The van der Waals surface area contributed by atoms with Gasteiger partial charge in [0.1, 0.15) is 11.9 Å². The highest BCUT2D eigenvalue weighted by Crippen LogP contribution is 2.39. The molecule has 0 radical (unpaired) electrons. The molecule has 0 spiro atoms. The number of ether oxygens (including phenoxy) is 2. The second kappa shape index (κ2) is 6.53. The number of carbonyl (C=O) groups is 1. The van der Waals surface area contributed by atoms with Gasteiger partial charge in [0, 0.05) is 23.9 Å². The summed E-state index contributed by atoms with van der Waals surface area (Å²) in [7, 11) is 1.36. The molecule has 21 heavy (non-hydrogen) atoms. The molecule has 1 aliphatic heterocycles. The zero-order chi connectivity index (χ0) is 16.3. The molecule has 0 aromatic carbocycles. The fourth-order valence-corrected chi connectivity index (χ4v) is 3.35. The van der Waals surface area contributed by atoms with Crippen LogP contribution >= 0.6 is 0 Å². The lowest BCUT2D eigenvalue weighted by Crippen LogP contribution is -2.62. The largest absolute Gasteiger partial charge is 0.495 e. The van der Waals surface area contributed by atoms with Crippen LogP contribution in [0.25, 0.3) is 0 Å². The van der Waals surface area contributed by atoms with E-state index in [2.05, 4.69) is 43.3 Å². The van der Waals surface area contributed by atoms with Crippen LogP contribution in [0.4, 0.5) is 0 Å². The number of methoxy groups -OCH3 is 1. The highest BCUT2D eigenvalue weighted by Gasteiger charge is 2.45. The summed E-state index contributed by atoms with van der Waals surface area (Å²) < 4.78 is 10.6. The summed E-state index contributed by atoms with van der Waals surface area (Å²) in [5, 5.41) is 0. The standard InChI is InChI=1S/C17H27NO3/c1-8-9-18-16(3,4)11-14(12-17(18,5)6)21-13(2)10-15(19)20-7/h1,10,14H,9,11-12H2,2-7H3/b13-10-. The van der Waals surface area contributed by atoms with Gasteiger partial charge in [-0.05, 0) is 34.6 Å². The van der Waals surface area contributed by atoms with E-state index in [0.29, 0.717) is 12.3 Å². The quantitative estimate of drug-likeness (QED) is 0.346. The van der Waals surface area contributed by atoms with E-state index in [-0.39, 0.29) is 17.2 Å². The second-order valence-corrected chi connectivity index (χ2v) is 6.84. The Kier molecular flexibility index (Phi) is 5.47. The summed E-state index contributed by atoms with van der Waals surface area (Å²) in [4.78, 5) is 13.6. The number of terminal acetylenes is 1. The minimum absolute atomic E-state index is 0.0513. The minimum Gasteiger partial charge on any atom is -0.495 e. The molecule has 4 heteroatoms. The highest BCUT2D eigenvalue weighted by atomic mass is 16.5. The van der Waals surface area contributed by atoms with Crippen molar-refractivity contribution in [2.24, 2.45) is 0 Å². The van der Waals surface area contributed by atoms with Crippen molar-refractivity contribution in [3.05, 3.63) is 11.8 Å². The minimum atomic E-state index is -0.393. The molecule has 1 aliphatic rings. The predicted octanol–water partition coefficient (Wildman–Crippen LogP) is 2.73. The molecule has 1 heterocycles. The third-order valence-corrected chi connectivity index (χ3v) is 4.04. The first-order chi connectivity index (χ1) is 9.62. The first-order valence-corrected chi connectivity index (χ1v) is 7.26. The Morgan fingerprint density at radius 1 is 1.33 bits per heavy atom. The van der Waals surface area contributed by atoms with Gasteiger partial charge in [-0.25, -0.2) is 4.79 Å². The van der Waals surface area contributed by atoms with Gasteiger partial charge in [0.05, 0.1) is 19.7 Å². The van der Waals surface area contributed by atoms with Crippen LogP contribution < -0.4 is 0 Å². The Hall–Kier alpha value is -1.47. The maximum absolute atomic E-state index is 11.2. The third kappa shape index (κ3) is 4.50. The van der Waals surface area contributed by atoms with Crippen molar-refractivity contribution in [3.63, 3.8) is 0 Å². The first kappa shape index (κ1) is 17.6. The van der Waals surface area contributed by atoms with E-state index in [9.17, 15) is 4.79 Å². The molecule has 0 aliphatic carbocycles. The van der Waals surface area contributed by atoms with Crippen molar-refractivity contribution < 1.29 is 14.3 Å². The molecule has 0 atom stereocenters. The van der Waals surface area contributed by atoms with Gasteiger partial charge in [0.25, 0.3) is 0 Å². The lowest BCUT2D eigenvalue weighted by atomic mass is 9.78. The van der Waals surface area contributed by atoms with E-state index in [1.165, 1.54) is 13.2 Å². The van der Waals surface area contributed by atoms with Crippen molar-refractivity contribution in [1.29, 1.82) is 0 Å². The van der Waals surface area contributed by atoms with E-state index in [4.69, 9.17) is 11.2 Å². The molecule has 4 nitrogen and oxygen atoms in total. The van der Waals surface area contributed by atoms with Crippen LogP contribution in [0, 0.1) is 12.3 Å². The second-order valence-electron chi connectivity index (χ2n) is 6.84. The van der Waals surface area contributed by atoms with Crippen LogP contribution in [0.3, 0.4) is 0 Å². The van der Waals surface area contributed by atoms with Crippen molar-refractivity contribution >= 4 is 5.97 Å². The van der Waals surface area contributed by atoms with Crippen LogP contribution in [0.1, 0.15) is 47.5 Å². The Bertz CT molecular complexity index is 439. The molecule has 0 bridgehead atoms. The van der Waals surface area contributed by atoms with Gasteiger partial charge in [-0.1, -0.05) is 5.92 Å². The number of hydrogen-bond donors (Lipinski definition) is 0. The fraction of sp³-hybridized carbons (Fsp3) is 0.706. The van der Waals surface area contributed by atoms with Crippen LogP contribution in [-0.2, 0) is 14.3 Å². The Morgan fingerprint density at radius 3 is 2.29 bits per heavy atom. The molecular formula is C17H27NO3. The molecule has 0 saturated carbocycles. The van der Waals surface area contributed by atoms with Crippen LogP contribution in [0.15, 0.2) is 11.8 Å². The first-order valence-electron chi connectivity index (χ1n) is 7.26. The number of carbonyl (C=O) groups excluding carboxylic acids is 1. The molecule has 0 aromatic rings. The summed E-state index contributed by atoms with van der Waals surface area (Å²) in [5.74, 6) is 2.94. The molecule has 1 fully saturated rings. The lowest BCUT2D eigenvalue weighted by Gasteiger charge is -2.54. The third-order valence-electron chi connectivity index (χ3n) is 4.04. The summed E-state index contributed by atoms with van der Waals surface area (Å²) in [5.41, 5.74) is -0.103. The number of rotatable bonds is 4. The monoisotopic (exact) mass is 293 g/mol.